The molecule has 0 saturated heterocycles. The van der Waals surface area contributed by atoms with Crippen LogP contribution in [0.15, 0.2) is 52.1 Å². The summed E-state index contributed by atoms with van der Waals surface area (Å²) in [4.78, 5) is 12.7. The van der Waals surface area contributed by atoms with Crippen LogP contribution in [0.5, 0.6) is 0 Å². The van der Waals surface area contributed by atoms with Crippen LogP contribution in [0.2, 0.25) is 0 Å². The van der Waals surface area contributed by atoms with E-state index in [1.807, 2.05) is 47.2 Å². The van der Waals surface area contributed by atoms with Crippen molar-refractivity contribution in [2.24, 2.45) is 0 Å². The predicted octanol–water partition coefficient (Wildman–Crippen LogP) is 2.69. The third-order valence-electron chi connectivity index (χ3n) is 2.53. The fourth-order valence-corrected chi connectivity index (χ4v) is 2.97. The molecule has 1 aromatic heterocycles. The molecule has 2 aromatic rings. The lowest BCUT2D eigenvalue weighted by atomic mass is 10.2. The van der Waals surface area contributed by atoms with E-state index < -0.39 is 6.10 Å². The van der Waals surface area contributed by atoms with E-state index in [0.29, 0.717) is 5.75 Å². The first kappa shape index (κ1) is 14.1. The monoisotopic (exact) mass is 293 g/mol. The second kappa shape index (κ2) is 7.33. The largest absolute Gasteiger partial charge is 0.387 e. The van der Waals surface area contributed by atoms with E-state index in [1.54, 1.807) is 0 Å². The molecule has 0 saturated carbocycles. The Balaban J connectivity index is 1.70. The third kappa shape index (κ3) is 4.70. The van der Waals surface area contributed by atoms with Gasteiger partial charge in [0.1, 0.15) is 0 Å². The quantitative estimate of drug-likeness (QED) is 0.805. The first-order chi connectivity index (χ1) is 9.25. The molecule has 3 nitrogen and oxygen atoms in total. The minimum Gasteiger partial charge on any atom is -0.387 e. The lowest BCUT2D eigenvalue weighted by molar-refractivity contribution is -0.119. The smallest absolute Gasteiger partial charge is 0.230 e. The summed E-state index contributed by atoms with van der Waals surface area (Å²) in [6.45, 7) is 0.255. The molecule has 2 N–H and O–H groups in total. The molecule has 1 aromatic carbocycles. The summed E-state index contributed by atoms with van der Waals surface area (Å²) in [5, 5.41) is 16.4. The zero-order valence-electron chi connectivity index (χ0n) is 10.3. The Bertz CT molecular complexity index is 499. The second-order valence-electron chi connectivity index (χ2n) is 3.98. The fraction of sp³-hybridized carbons (Fsp3) is 0.214. The number of aliphatic hydroxyl groups excluding tert-OH is 1. The van der Waals surface area contributed by atoms with Crippen LogP contribution in [-0.2, 0) is 4.79 Å². The van der Waals surface area contributed by atoms with Gasteiger partial charge >= 0.3 is 0 Å². The van der Waals surface area contributed by atoms with Crippen molar-refractivity contribution in [2.45, 2.75) is 11.0 Å². The average molecular weight is 293 g/mol. The standard InChI is InChI=1S/C14H15NO2S2/c16-13(11-6-7-18-9-11)8-15-14(17)10-19-12-4-2-1-3-5-12/h1-7,9,13,16H,8,10H2,(H,15,17). The van der Waals surface area contributed by atoms with Gasteiger partial charge in [0.15, 0.2) is 0 Å². The van der Waals surface area contributed by atoms with Gasteiger partial charge in [0.05, 0.1) is 11.9 Å². The summed E-state index contributed by atoms with van der Waals surface area (Å²) >= 11 is 3.02. The maximum Gasteiger partial charge on any atom is 0.230 e. The Hall–Kier alpha value is -1.30. The molecule has 1 heterocycles. The maximum absolute atomic E-state index is 11.6. The van der Waals surface area contributed by atoms with Crippen molar-refractivity contribution in [2.75, 3.05) is 12.3 Å². The van der Waals surface area contributed by atoms with Crippen molar-refractivity contribution >= 4 is 29.0 Å². The van der Waals surface area contributed by atoms with Gasteiger partial charge in [-0.2, -0.15) is 11.3 Å². The predicted molar refractivity (Wildman–Crippen MR) is 79.5 cm³/mol. The molecule has 100 valence electrons. The van der Waals surface area contributed by atoms with E-state index in [0.717, 1.165) is 10.5 Å². The molecular weight excluding hydrogens is 278 g/mol. The number of carbonyl (C=O) groups excluding carboxylic acids is 1. The van der Waals surface area contributed by atoms with Crippen molar-refractivity contribution in [3.8, 4) is 0 Å². The molecule has 0 aliphatic carbocycles. The highest BCUT2D eigenvalue weighted by Crippen LogP contribution is 2.17. The summed E-state index contributed by atoms with van der Waals surface area (Å²) < 4.78 is 0. The number of rotatable bonds is 6. The van der Waals surface area contributed by atoms with E-state index in [4.69, 9.17) is 0 Å². The molecule has 19 heavy (non-hydrogen) atoms. The Labute approximate surface area is 120 Å². The topological polar surface area (TPSA) is 49.3 Å². The molecule has 5 heteroatoms. The average Bonchev–Trinajstić information content (AvgIpc) is 2.98. The molecular formula is C14H15NO2S2. The van der Waals surface area contributed by atoms with Crippen molar-refractivity contribution in [3.63, 3.8) is 0 Å². The second-order valence-corrected chi connectivity index (χ2v) is 5.81. The molecule has 1 amide bonds. The first-order valence-corrected chi connectivity index (χ1v) is 7.83. The van der Waals surface area contributed by atoms with E-state index in [1.165, 1.54) is 23.1 Å². The Morgan fingerprint density at radius 2 is 2.11 bits per heavy atom. The van der Waals surface area contributed by atoms with Crippen LogP contribution >= 0.6 is 23.1 Å². The Kier molecular flexibility index (Phi) is 5.44. The van der Waals surface area contributed by atoms with Gasteiger partial charge in [-0.05, 0) is 34.5 Å². The van der Waals surface area contributed by atoms with E-state index in [2.05, 4.69) is 5.32 Å². The maximum atomic E-state index is 11.6. The van der Waals surface area contributed by atoms with Crippen molar-refractivity contribution in [1.29, 1.82) is 0 Å². The third-order valence-corrected chi connectivity index (χ3v) is 4.25. The first-order valence-electron chi connectivity index (χ1n) is 5.90. The van der Waals surface area contributed by atoms with Crippen molar-refractivity contribution in [3.05, 3.63) is 52.7 Å². The van der Waals surface area contributed by atoms with Gasteiger partial charge in [-0.15, -0.1) is 11.8 Å². The van der Waals surface area contributed by atoms with Gasteiger partial charge < -0.3 is 10.4 Å². The lowest BCUT2D eigenvalue weighted by Crippen LogP contribution is -2.29. The number of hydrogen-bond acceptors (Lipinski definition) is 4. The van der Waals surface area contributed by atoms with Crippen LogP contribution < -0.4 is 5.32 Å². The van der Waals surface area contributed by atoms with Gasteiger partial charge in [0.25, 0.3) is 0 Å². The fourth-order valence-electron chi connectivity index (χ4n) is 1.51. The van der Waals surface area contributed by atoms with Crippen molar-refractivity contribution in [1.82, 2.24) is 5.32 Å². The van der Waals surface area contributed by atoms with Crippen LogP contribution in [0.3, 0.4) is 0 Å². The van der Waals surface area contributed by atoms with Gasteiger partial charge in [-0.25, -0.2) is 0 Å². The van der Waals surface area contributed by atoms with Crippen LogP contribution in [0.25, 0.3) is 0 Å². The minimum absolute atomic E-state index is 0.0665. The van der Waals surface area contributed by atoms with Crippen LogP contribution in [0.1, 0.15) is 11.7 Å². The van der Waals surface area contributed by atoms with E-state index in [-0.39, 0.29) is 12.5 Å². The zero-order valence-corrected chi connectivity index (χ0v) is 11.9. The van der Waals surface area contributed by atoms with Crippen molar-refractivity contribution < 1.29 is 9.90 Å². The number of benzene rings is 1. The highest BCUT2D eigenvalue weighted by Gasteiger charge is 2.09. The summed E-state index contributed by atoms with van der Waals surface area (Å²) in [6.07, 6.45) is -0.628. The summed E-state index contributed by atoms with van der Waals surface area (Å²) in [6, 6.07) is 11.6. The van der Waals surface area contributed by atoms with Gasteiger partial charge in [0, 0.05) is 11.4 Å². The summed E-state index contributed by atoms with van der Waals surface area (Å²) in [5.74, 6) is 0.295. The number of aliphatic hydroxyl groups is 1. The highest BCUT2D eigenvalue weighted by molar-refractivity contribution is 8.00. The van der Waals surface area contributed by atoms with Gasteiger partial charge in [-0.3, -0.25) is 4.79 Å². The number of amides is 1. The SMILES string of the molecule is O=C(CSc1ccccc1)NCC(O)c1ccsc1. The van der Waals surface area contributed by atoms with E-state index in [9.17, 15) is 9.90 Å². The Morgan fingerprint density at radius 1 is 1.32 bits per heavy atom. The molecule has 0 fully saturated rings. The molecule has 1 unspecified atom stereocenters. The number of thioether (sulfide) groups is 1. The lowest BCUT2D eigenvalue weighted by Gasteiger charge is -2.10. The molecule has 0 aliphatic heterocycles. The van der Waals surface area contributed by atoms with Crippen LogP contribution in [0, 0.1) is 0 Å². The van der Waals surface area contributed by atoms with Gasteiger partial charge in [0.2, 0.25) is 5.91 Å². The number of carbonyl (C=O) groups is 1. The summed E-state index contributed by atoms with van der Waals surface area (Å²) in [7, 11) is 0. The normalized spacial score (nSPS) is 12.1. The molecule has 0 aliphatic rings. The Morgan fingerprint density at radius 3 is 2.79 bits per heavy atom. The summed E-state index contributed by atoms with van der Waals surface area (Å²) in [5.41, 5.74) is 0.848. The molecule has 2 rings (SSSR count). The van der Waals surface area contributed by atoms with Gasteiger partial charge in [-0.1, -0.05) is 18.2 Å². The number of hydrogen-bond donors (Lipinski definition) is 2. The van der Waals surface area contributed by atoms with E-state index >= 15 is 0 Å². The van der Waals surface area contributed by atoms with Crippen LogP contribution in [-0.4, -0.2) is 23.3 Å². The molecule has 0 radical (unpaired) electrons. The minimum atomic E-state index is -0.628. The molecule has 1 atom stereocenters. The highest BCUT2D eigenvalue weighted by atomic mass is 32.2. The molecule has 0 spiro atoms. The molecule has 0 bridgehead atoms. The van der Waals surface area contributed by atoms with Crippen LogP contribution in [0.4, 0.5) is 0 Å². The number of nitrogens with one attached hydrogen (secondary N) is 1. The number of thiophene rings is 1. The zero-order chi connectivity index (χ0) is 13.5.